The molecule has 3 N–H and O–H groups in total. The maximum Gasteiger partial charge on any atom is 0.329 e. The zero-order valence-electron chi connectivity index (χ0n) is 19.5. The molecule has 0 aliphatic heterocycles. The Labute approximate surface area is 186 Å². The van der Waals surface area contributed by atoms with Gasteiger partial charge in [-0.25, -0.2) is 0 Å². The molecule has 0 radical (unpaired) electrons. The number of hydrogen-bond acceptors (Lipinski definition) is 6. The van der Waals surface area contributed by atoms with Crippen LogP contribution in [0.15, 0.2) is 0 Å². The molecule has 0 spiro atoms. The lowest BCUT2D eigenvalue weighted by atomic mass is 10.0. The fraction of sp³-hybridized carbons (Fsp3) is 0.957. The third-order valence-electron chi connectivity index (χ3n) is 5.06. The second kappa shape index (κ2) is 25.0. The predicted octanol–water partition coefficient (Wildman–Crippen LogP) is 6.39. The molecule has 0 aromatic carbocycles. The van der Waals surface area contributed by atoms with Crippen molar-refractivity contribution >= 4 is 14.6 Å². The lowest BCUT2D eigenvalue weighted by Crippen LogP contribution is -2.08. The van der Waals surface area contributed by atoms with Crippen molar-refractivity contribution in [3.63, 3.8) is 0 Å². The molecule has 0 aromatic heterocycles. The zero-order chi connectivity index (χ0) is 22.1. The number of hydrogen-bond donors (Lipinski definition) is 2. The van der Waals surface area contributed by atoms with Gasteiger partial charge in [-0.3, -0.25) is 4.79 Å². The van der Waals surface area contributed by atoms with Crippen LogP contribution in [0.2, 0.25) is 0 Å². The molecule has 180 valence electrons. The molecule has 0 heterocycles. The van der Waals surface area contributed by atoms with Crippen LogP contribution in [0.25, 0.3) is 0 Å². The molecule has 0 saturated heterocycles. The lowest BCUT2D eigenvalue weighted by Gasteiger charge is -2.10. The Balaban J connectivity index is 3.19. The van der Waals surface area contributed by atoms with Gasteiger partial charge in [-0.2, -0.15) is 0 Å². The van der Waals surface area contributed by atoms with Crippen molar-refractivity contribution in [1.29, 1.82) is 0 Å². The van der Waals surface area contributed by atoms with Gasteiger partial charge in [-0.1, -0.05) is 96.8 Å². The average molecular weight is 450 g/mol. The largest absolute Gasteiger partial charge is 0.466 e. The Kier molecular flexibility index (Phi) is 24.8. The van der Waals surface area contributed by atoms with Gasteiger partial charge in [-0.05, 0) is 6.42 Å². The minimum Gasteiger partial charge on any atom is -0.466 e. The first-order valence-electron chi connectivity index (χ1n) is 12.3. The molecule has 7 heteroatoms. The predicted molar refractivity (Wildman–Crippen MR) is 125 cm³/mol. The highest BCUT2D eigenvalue weighted by molar-refractivity contribution is 7.40. The normalized spacial score (nSPS) is 12.2. The molecular formula is C23H48NO5P. The van der Waals surface area contributed by atoms with Crippen LogP contribution in [0.3, 0.4) is 0 Å². The Bertz CT molecular complexity index is 360. The number of carbonyl (C=O) groups is 1. The van der Waals surface area contributed by atoms with Gasteiger partial charge < -0.3 is 24.4 Å². The van der Waals surface area contributed by atoms with E-state index in [0.717, 1.165) is 12.8 Å². The topological polar surface area (TPSA) is 91.0 Å². The van der Waals surface area contributed by atoms with Crippen molar-refractivity contribution in [2.45, 2.75) is 116 Å². The number of nitrogens with two attached hydrogens (primary N) is 1. The van der Waals surface area contributed by atoms with E-state index >= 15 is 0 Å². The fourth-order valence-electron chi connectivity index (χ4n) is 3.27. The Hall–Kier alpha value is -0.260. The van der Waals surface area contributed by atoms with E-state index in [9.17, 15) is 9.69 Å². The second-order valence-corrected chi connectivity index (χ2v) is 8.96. The van der Waals surface area contributed by atoms with Crippen LogP contribution in [0.5, 0.6) is 0 Å². The van der Waals surface area contributed by atoms with Gasteiger partial charge >= 0.3 is 14.6 Å². The van der Waals surface area contributed by atoms with Crippen LogP contribution >= 0.6 is 8.60 Å². The third kappa shape index (κ3) is 24.0. The van der Waals surface area contributed by atoms with Gasteiger partial charge in [0.1, 0.15) is 0 Å². The number of carbonyl (C=O) groups excluding carboxylic acids is 1. The van der Waals surface area contributed by atoms with E-state index in [1.807, 2.05) is 0 Å². The van der Waals surface area contributed by atoms with E-state index in [-0.39, 0.29) is 12.6 Å². The zero-order valence-corrected chi connectivity index (χ0v) is 20.3. The molecule has 1 atom stereocenters. The summed E-state index contributed by atoms with van der Waals surface area (Å²) < 4.78 is 15.2. The first-order valence-corrected chi connectivity index (χ1v) is 13.4. The Morgan fingerprint density at radius 1 is 0.700 bits per heavy atom. The Morgan fingerprint density at radius 3 is 1.67 bits per heavy atom. The van der Waals surface area contributed by atoms with Crippen LogP contribution in [0, 0.1) is 0 Å². The first kappa shape index (κ1) is 29.7. The molecule has 0 aliphatic carbocycles. The summed E-state index contributed by atoms with van der Waals surface area (Å²) in [5, 5.41) is 0. The summed E-state index contributed by atoms with van der Waals surface area (Å²) in [6.07, 6.45) is 20.8. The minimum atomic E-state index is -1.86. The maximum atomic E-state index is 11.7. The third-order valence-corrected chi connectivity index (χ3v) is 5.86. The van der Waals surface area contributed by atoms with Gasteiger partial charge in [0.05, 0.1) is 19.8 Å². The van der Waals surface area contributed by atoms with Gasteiger partial charge in [0.15, 0.2) is 0 Å². The summed E-state index contributed by atoms with van der Waals surface area (Å²) in [4.78, 5) is 21.0. The van der Waals surface area contributed by atoms with Crippen LogP contribution < -0.4 is 5.73 Å². The van der Waals surface area contributed by atoms with Crippen LogP contribution in [-0.4, -0.2) is 37.2 Å². The second-order valence-electron chi connectivity index (χ2n) is 7.97. The van der Waals surface area contributed by atoms with E-state index in [2.05, 4.69) is 6.92 Å². The smallest absolute Gasteiger partial charge is 0.329 e. The van der Waals surface area contributed by atoms with Crippen LogP contribution in [0.4, 0.5) is 0 Å². The summed E-state index contributed by atoms with van der Waals surface area (Å²) >= 11 is 0. The molecule has 30 heavy (non-hydrogen) atoms. The highest BCUT2D eigenvalue weighted by Gasteiger charge is 2.06. The number of esters is 1. The molecule has 0 fully saturated rings. The summed E-state index contributed by atoms with van der Waals surface area (Å²) in [7, 11) is -1.86. The number of unbranched alkanes of at least 4 members (excludes halogenated alkanes) is 14. The van der Waals surface area contributed by atoms with E-state index < -0.39 is 8.60 Å². The standard InChI is InChI=1S/C23H48NO5P/c1-2-3-4-5-6-7-8-9-10-11-12-13-14-15-16-18-23(25)27-20-17-21-28-30(26)29-22-19-24/h26H,2-22,24H2,1H3. The van der Waals surface area contributed by atoms with Gasteiger partial charge in [-0.15, -0.1) is 0 Å². The Morgan fingerprint density at radius 2 is 1.17 bits per heavy atom. The van der Waals surface area contributed by atoms with Crippen molar-refractivity contribution in [3.8, 4) is 0 Å². The molecule has 6 nitrogen and oxygen atoms in total. The van der Waals surface area contributed by atoms with E-state index in [1.165, 1.54) is 83.5 Å². The van der Waals surface area contributed by atoms with Gasteiger partial charge in [0, 0.05) is 19.4 Å². The van der Waals surface area contributed by atoms with Gasteiger partial charge in [0.2, 0.25) is 0 Å². The summed E-state index contributed by atoms with van der Waals surface area (Å²) in [6.45, 7) is 3.51. The summed E-state index contributed by atoms with van der Waals surface area (Å²) in [5.41, 5.74) is 5.26. The van der Waals surface area contributed by atoms with Crippen molar-refractivity contribution in [3.05, 3.63) is 0 Å². The van der Waals surface area contributed by atoms with Crippen molar-refractivity contribution in [2.24, 2.45) is 5.73 Å². The van der Waals surface area contributed by atoms with Gasteiger partial charge in [0.25, 0.3) is 0 Å². The molecule has 0 aliphatic rings. The highest BCUT2D eigenvalue weighted by Crippen LogP contribution is 2.32. The summed E-state index contributed by atoms with van der Waals surface area (Å²) in [5.74, 6) is -0.143. The molecule has 0 amide bonds. The lowest BCUT2D eigenvalue weighted by molar-refractivity contribution is -0.144. The van der Waals surface area contributed by atoms with Crippen molar-refractivity contribution in [2.75, 3.05) is 26.4 Å². The molecule has 0 saturated carbocycles. The van der Waals surface area contributed by atoms with E-state index in [1.54, 1.807) is 0 Å². The van der Waals surface area contributed by atoms with E-state index in [4.69, 9.17) is 19.5 Å². The molecule has 0 aromatic rings. The molecular weight excluding hydrogens is 401 g/mol. The molecule has 0 rings (SSSR count). The SMILES string of the molecule is CCCCCCCCCCCCCCCCCC(=O)OCCCOP(O)OCCN. The van der Waals surface area contributed by atoms with Crippen molar-refractivity contribution in [1.82, 2.24) is 0 Å². The minimum absolute atomic E-state index is 0.143. The molecule has 0 bridgehead atoms. The first-order chi connectivity index (χ1) is 14.7. The van der Waals surface area contributed by atoms with E-state index in [0.29, 0.717) is 32.6 Å². The fourth-order valence-corrected chi connectivity index (χ4v) is 3.89. The summed E-state index contributed by atoms with van der Waals surface area (Å²) in [6, 6.07) is 0. The van der Waals surface area contributed by atoms with Crippen LogP contribution in [-0.2, 0) is 18.6 Å². The van der Waals surface area contributed by atoms with Crippen LogP contribution in [0.1, 0.15) is 116 Å². The quantitative estimate of drug-likeness (QED) is 0.101. The average Bonchev–Trinajstić information content (AvgIpc) is 2.74. The van der Waals surface area contributed by atoms with Crippen molar-refractivity contribution < 1.29 is 23.5 Å². The number of ether oxygens (including phenoxy) is 1. The maximum absolute atomic E-state index is 11.7. The highest BCUT2D eigenvalue weighted by atomic mass is 31.2. The monoisotopic (exact) mass is 449 g/mol. The number of rotatable bonds is 24. The molecule has 1 unspecified atom stereocenters.